The molecule has 2 aromatic rings. The minimum absolute atomic E-state index is 0.0129. The number of para-hydroxylation sites is 2. The van der Waals surface area contributed by atoms with Gasteiger partial charge in [0.25, 0.3) is 0 Å². The maximum Gasteiger partial charge on any atom is 0.329 e. The van der Waals surface area contributed by atoms with E-state index in [1.807, 2.05) is 6.92 Å². The highest BCUT2D eigenvalue weighted by Crippen LogP contribution is 2.25. The van der Waals surface area contributed by atoms with Gasteiger partial charge in [0, 0.05) is 0 Å². The van der Waals surface area contributed by atoms with Crippen molar-refractivity contribution in [1.29, 1.82) is 0 Å². The van der Waals surface area contributed by atoms with Crippen LogP contribution in [0, 0.1) is 0 Å². The monoisotopic (exact) mass is 357 g/mol. The molecule has 0 spiro atoms. The lowest BCUT2D eigenvalue weighted by atomic mass is 10.2. The number of ether oxygens (including phenoxy) is 2. The van der Waals surface area contributed by atoms with Gasteiger partial charge in [0.2, 0.25) is 0 Å². The summed E-state index contributed by atoms with van der Waals surface area (Å²) in [5.41, 5.74) is 3.09. The van der Waals surface area contributed by atoms with Crippen LogP contribution in [0.15, 0.2) is 47.6 Å². The Hall–Kier alpha value is -3.55. The molecule has 0 aliphatic rings. The number of phenolic OH excluding ortho intramolecular Hbond substituents is 1. The maximum absolute atomic E-state index is 12.0. The van der Waals surface area contributed by atoms with Crippen molar-refractivity contribution in [3.63, 3.8) is 0 Å². The van der Waals surface area contributed by atoms with Crippen LogP contribution in [0.2, 0.25) is 0 Å². The molecule has 0 radical (unpaired) electrons. The van der Waals surface area contributed by atoms with E-state index in [1.165, 1.54) is 25.5 Å². The van der Waals surface area contributed by atoms with Gasteiger partial charge in [-0.25, -0.2) is 5.43 Å². The zero-order chi connectivity index (χ0) is 18.9. The number of nitrogens with zero attached hydrogens (tertiary/aromatic N) is 1. The van der Waals surface area contributed by atoms with Gasteiger partial charge in [-0.05, 0) is 42.8 Å². The molecule has 136 valence electrons. The van der Waals surface area contributed by atoms with Crippen molar-refractivity contribution in [2.24, 2.45) is 5.10 Å². The molecule has 2 aromatic carbocycles. The number of carbonyl (C=O) groups excluding carboxylic acids is 2. The van der Waals surface area contributed by atoms with Crippen molar-refractivity contribution in [2.45, 2.75) is 6.92 Å². The fraction of sp³-hybridized carbons (Fsp3) is 0.167. The first-order valence-corrected chi connectivity index (χ1v) is 7.78. The molecule has 0 unspecified atom stereocenters. The van der Waals surface area contributed by atoms with E-state index in [2.05, 4.69) is 15.8 Å². The number of hydrogen-bond donors (Lipinski definition) is 3. The molecule has 0 fully saturated rings. The third-order valence-corrected chi connectivity index (χ3v) is 3.22. The van der Waals surface area contributed by atoms with Crippen LogP contribution in [0.1, 0.15) is 12.5 Å². The lowest BCUT2D eigenvalue weighted by Gasteiger charge is -2.10. The van der Waals surface area contributed by atoms with E-state index in [0.29, 0.717) is 23.6 Å². The largest absolute Gasteiger partial charge is 0.504 e. The van der Waals surface area contributed by atoms with Crippen molar-refractivity contribution < 1.29 is 24.2 Å². The Bertz CT molecular complexity index is 820. The number of hydrogen-bond acceptors (Lipinski definition) is 6. The molecule has 0 bridgehead atoms. The van der Waals surface area contributed by atoms with E-state index in [4.69, 9.17) is 9.47 Å². The smallest absolute Gasteiger partial charge is 0.329 e. The summed E-state index contributed by atoms with van der Waals surface area (Å²) in [6.45, 7) is 2.25. The van der Waals surface area contributed by atoms with Gasteiger partial charge in [0.1, 0.15) is 5.75 Å². The van der Waals surface area contributed by atoms with E-state index in [1.54, 1.807) is 30.3 Å². The summed E-state index contributed by atoms with van der Waals surface area (Å²) in [6, 6.07) is 11.3. The zero-order valence-electron chi connectivity index (χ0n) is 14.4. The van der Waals surface area contributed by atoms with E-state index in [0.717, 1.165) is 0 Å². The molecular formula is C18H19N3O5. The van der Waals surface area contributed by atoms with Crippen LogP contribution in [0.3, 0.4) is 0 Å². The summed E-state index contributed by atoms with van der Waals surface area (Å²) >= 11 is 0. The second-order valence-electron chi connectivity index (χ2n) is 5.01. The number of phenols is 1. The number of aromatic hydroxyl groups is 1. The van der Waals surface area contributed by atoms with Gasteiger partial charge in [-0.15, -0.1) is 0 Å². The number of carbonyl (C=O) groups is 2. The van der Waals surface area contributed by atoms with E-state index in [9.17, 15) is 14.7 Å². The first-order chi connectivity index (χ1) is 12.5. The quantitative estimate of drug-likeness (QED) is 0.415. The number of hydrazone groups is 1. The number of methoxy groups -OCH3 is 1. The fourth-order valence-corrected chi connectivity index (χ4v) is 2.02. The number of benzene rings is 2. The summed E-state index contributed by atoms with van der Waals surface area (Å²) < 4.78 is 10.4. The van der Waals surface area contributed by atoms with Crippen molar-refractivity contribution in [2.75, 3.05) is 19.0 Å². The van der Waals surface area contributed by atoms with Gasteiger partial charge in [0.05, 0.1) is 25.6 Å². The van der Waals surface area contributed by atoms with Gasteiger partial charge in [0.15, 0.2) is 11.5 Å². The molecule has 26 heavy (non-hydrogen) atoms. The Labute approximate surface area is 150 Å². The molecule has 0 saturated carbocycles. The normalized spacial score (nSPS) is 10.4. The summed E-state index contributed by atoms with van der Waals surface area (Å²) in [4.78, 5) is 23.8. The van der Waals surface area contributed by atoms with Crippen LogP contribution < -0.4 is 20.2 Å². The number of nitrogens with one attached hydrogen (secondary N) is 2. The molecule has 0 aliphatic carbocycles. The average Bonchev–Trinajstić information content (AvgIpc) is 2.64. The van der Waals surface area contributed by atoms with Crippen molar-refractivity contribution in [1.82, 2.24) is 5.43 Å². The average molecular weight is 357 g/mol. The lowest BCUT2D eigenvalue weighted by Crippen LogP contribution is -2.32. The predicted octanol–water partition coefficient (Wildman–Crippen LogP) is 1.89. The van der Waals surface area contributed by atoms with Crippen LogP contribution in [0.4, 0.5) is 5.69 Å². The van der Waals surface area contributed by atoms with Gasteiger partial charge < -0.3 is 19.9 Å². The Kier molecular flexibility index (Phi) is 6.55. The van der Waals surface area contributed by atoms with E-state index < -0.39 is 11.8 Å². The van der Waals surface area contributed by atoms with Crippen LogP contribution >= 0.6 is 0 Å². The minimum atomic E-state index is -0.932. The standard InChI is InChI=1S/C18H19N3O5/c1-3-26-15-7-5-4-6-13(15)20-17(23)18(24)21-19-11-12-8-9-14(22)16(10-12)25-2/h4-11,22H,3H2,1-2H3,(H,20,23)(H,21,24)/b19-11+. The molecule has 0 atom stereocenters. The Morgan fingerprint density at radius 3 is 2.65 bits per heavy atom. The highest BCUT2D eigenvalue weighted by Gasteiger charge is 2.15. The molecule has 2 amide bonds. The van der Waals surface area contributed by atoms with Gasteiger partial charge in [-0.3, -0.25) is 9.59 Å². The molecule has 0 aromatic heterocycles. The van der Waals surface area contributed by atoms with Crippen LogP contribution in [-0.4, -0.2) is 36.9 Å². The summed E-state index contributed by atoms with van der Waals surface area (Å²) in [5.74, 6) is -1.08. The molecule has 0 saturated heterocycles. The van der Waals surface area contributed by atoms with Gasteiger partial charge in [-0.2, -0.15) is 5.10 Å². The lowest BCUT2D eigenvalue weighted by molar-refractivity contribution is -0.136. The van der Waals surface area contributed by atoms with Crippen molar-refractivity contribution >= 4 is 23.7 Å². The molecule has 0 aliphatic heterocycles. The minimum Gasteiger partial charge on any atom is -0.504 e. The van der Waals surface area contributed by atoms with Gasteiger partial charge in [-0.1, -0.05) is 12.1 Å². The highest BCUT2D eigenvalue weighted by molar-refractivity contribution is 6.39. The van der Waals surface area contributed by atoms with Crippen molar-refractivity contribution in [3.05, 3.63) is 48.0 Å². The van der Waals surface area contributed by atoms with Gasteiger partial charge >= 0.3 is 11.8 Å². The van der Waals surface area contributed by atoms with Crippen molar-refractivity contribution in [3.8, 4) is 17.2 Å². The molecule has 3 N–H and O–H groups in total. The van der Waals surface area contributed by atoms with E-state index >= 15 is 0 Å². The molecule has 8 nitrogen and oxygen atoms in total. The molecule has 0 heterocycles. The first kappa shape index (κ1) is 18.8. The molecule has 2 rings (SSSR count). The molecule has 8 heteroatoms. The first-order valence-electron chi connectivity index (χ1n) is 7.78. The SMILES string of the molecule is CCOc1ccccc1NC(=O)C(=O)N/N=C/c1ccc(O)c(OC)c1. The summed E-state index contributed by atoms with van der Waals surface area (Å²) in [5, 5.41) is 15.7. The third kappa shape index (κ3) is 4.97. The third-order valence-electron chi connectivity index (χ3n) is 3.22. The molecular weight excluding hydrogens is 338 g/mol. The van der Waals surface area contributed by atoms with Crippen LogP contribution in [0.25, 0.3) is 0 Å². The van der Waals surface area contributed by atoms with Crippen LogP contribution in [-0.2, 0) is 9.59 Å². The second kappa shape index (κ2) is 9.07. The fourth-order valence-electron chi connectivity index (χ4n) is 2.02. The second-order valence-corrected chi connectivity index (χ2v) is 5.01. The summed E-state index contributed by atoms with van der Waals surface area (Å²) in [7, 11) is 1.42. The maximum atomic E-state index is 12.0. The highest BCUT2D eigenvalue weighted by atomic mass is 16.5. The summed E-state index contributed by atoms with van der Waals surface area (Å²) in [6.07, 6.45) is 1.32. The van der Waals surface area contributed by atoms with Crippen LogP contribution in [0.5, 0.6) is 17.2 Å². The number of amides is 2. The Morgan fingerprint density at radius 2 is 1.92 bits per heavy atom. The Balaban J connectivity index is 1.96. The Morgan fingerprint density at radius 1 is 1.15 bits per heavy atom. The number of rotatable bonds is 6. The number of anilines is 1. The zero-order valence-corrected chi connectivity index (χ0v) is 14.4. The predicted molar refractivity (Wildman–Crippen MR) is 96.6 cm³/mol. The topological polar surface area (TPSA) is 109 Å². The van der Waals surface area contributed by atoms with E-state index in [-0.39, 0.29) is 11.5 Å².